The molecule has 5 nitrogen and oxygen atoms in total. The summed E-state index contributed by atoms with van der Waals surface area (Å²) in [7, 11) is 0. The second-order valence-corrected chi connectivity index (χ2v) is 7.65. The molecule has 1 unspecified atom stereocenters. The van der Waals surface area contributed by atoms with Gasteiger partial charge in [-0.15, -0.1) is 0 Å². The maximum absolute atomic E-state index is 12.8. The van der Waals surface area contributed by atoms with Crippen LogP contribution in [-0.4, -0.2) is 31.8 Å². The van der Waals surface area contributed by atoms with Gasteiger partial charge in [-0.3, -0.25) is 0 Å². The highest BCUT2D eigenvalue weighted by atomic mass is 32.1. The van der Waals surface area contributed by atoms with Gasteiger partial charge in [-0.1, -0.05) is 11.3 Å². The van der Waals surface area contributed by atoms with Crippen LogP contribution in [0.25, 0.3) is 10.2 Å². The van der Waals surface area contributed by atoms with E-state index in [0.29, 0.717) is 27.7 Å². The minimum absolute atomic E-state index is 0.161. The lowest BCUT2D eigenvalue weighted by Gasteiger charge is -2.15. The number of alkyl halides is 3. The van der Waals surface area contributed by atoms with Gasteiger partial charge in [0.2, 0.25) is 0 Å². The van der Waals surface area contributed by atoms with E-state index in [1.807, 2.05) is 10.8 Å². The van der Waals surface area contributed by atoms with Crippen molar-refractivity contribution in [1.29, 1.82) is 0 Å². The Balaban J connectivity index is 1.46. The highest BCUT2D eigenvalue weighted by molar-refractivity contribution is 7.22. The molecule has 0 aliphatic heterocycles. The van der Waals surface area contributed by atoms with E-state index in [9.17, 15) is 18.3 Å². The lowest BCUT2D eigenvalue weighted by atomic mass is 10.1. The number of anilines is 1. The third-order valence-electron chi connectivity index (χ3n) is 4.68. The van der Waals surface area contributed by atoms with E-state index in [-0.39, 0.29) is 6.04 Å². The molecule has 2 aromatic heterocycles. The van der Waals surface area contributed by atoms with Gasteiger partial charge in [0.15, 0.2) is 5.13 Å². The highest BCUT2D eigenvalue weighted by Gasteiger charge is 2.34. The van der Waals surface area contributed by atoms with Gasteiger partial charge in [0.1, 0.15) is 0 Å². The first kappa shape index (κ1) is 17.3. The minimum Gasteiger partial charge on any atom is -0.391 e. The quantitative estimate of drug-likeness (QED) is 0.721. The Labute approximate surface area is 151 Å². The molecule has 2 N–H and O–H groups in total. The van der Waals surface area contributed by atoms with Crippen LogP contribution in [-0.2, 0) is 12.7 Å². The predicted octanol–water partition coefficient (Wildman–Crippen LogP) is 3.76. The fourth-order valence-corrected chi connectivity index (χ4v) is 4.35. The van der Waals surface area contributed by atoms with Crippen molar-refractivity contribution >= 4 is 26.7 Å². The number of benzene rings is 1. The molecule has 0 saturated heterocycles. The van der Waals surface area contributed by atoms with Crippen LogP contribution in [0.1, 0.15) is 18.4 Å². The van der Waals surface area contributed by atoms with Crippen molar-refractivity contribution in [2.45, 2.75) is 37.7 Å². The Morgan fingerprint density at radius 3 is 2.88 bits per heavy atom. The highest BCUT2D eigenvalue weighted by Crippen LogP contribution is 2.35. The molecule has 0 bridgehead atoms. The Morgan fingerprint density at radius 1 is 1.31 bits per heavy atom. The van der Waals surface area contributed by atoms with Crippen LogP contribution in [0.5, 0.6) is 0 Å². The molecular weight excluding hydrogens is 365 g/mol. The van der Waals surface area contributed by atoms with E-state index < -0.39 is 17.8 Å². The van der Waals surface area contributed by atoms with Crippen molar-refractivity contribution in [2.24, 2.45) is 5.92 Å². The molecule has 0 spiro atoms. The van der Waals surface area contributed by atoms with E-state index in [4.69, 9.17) is 0 Å². The third kappa shape index (κ3) is 3.54. The number of hydrogen-bond donors (Lipinski definition) is 2. The first-order valence-corrected chi connectivity index (χ1v) is 9.08. The lowest BCUT2D eigenvalue weighted by molar-refractivity contribution is -0.137. The second kappa shape index (κ2) is 6.55. The molecule has 1 saturated carbocycles. The summed E-state index contributed by atoms with van der Waals surface area (Å²) < 4.78 is 41.1. The van der Waals surface area contributed by atoms with Gasteiger partial charge in [-0.2, -0.15) is 13.2 Å². The summed E-state index contributed by atoms with van der Waals surface area (Å²) >= 11 is 1.30. The van der Waals surface area contributed by atoms with Crippen molar-refractivity contribution in [3.05, 3.63) is 42.5 Å². The minimum atomic E-state index is -4.38. The number of hydrogen-bond acceptors (Lipinski definition) is 5. The Hall–Kier alpha value is -2.13. The Bertz CT molecular complexity index is 893. The number of nitrogens with zero attached hydrogens (tertiary/aromatic N) is 3. The normalized spacial score (nSPS) is 23.6. The van der Waals surface area contributed by atoms with Crippen molar-refractivity contribution < 1.29 is 18.3 Å². The number of imidazole rings is 1. The van der Waals surface area contributed by atoms with E-state index in [1.165, 1.54) is 17.4 Å². The second-order valence-electron chi connectivity index (χ2n) is 6.61. The van der Waals surface area contributed by atoms with Crippen LogP contribution in [0, 0.1) is 5.92 Å². The molecule has 3 atom stereocenters. The number of aliphatic hydroxyl groups excluding tert-OH is 1. The largest absolute Gasteiger partial charge is 0.416 e. The van der Waals surface area contributed by atoms with Gasteiger partial charge in [0.25, 0.3) is 0 Å². The van der Waals surface area contributed by atoms with Crippen LogP contribution < -0.4 is 5.32 Å². The zero-order chi connectivity index (χ0) is 18.3. The summed E-state index contributed by atoms with van der Waals surface area (Å²) in [6.07, 6.45) is 1.89. The van der Waals surface area contributed by atoms with Gasteiger partial charge in [0, 0.05) is 18.9 Å². The fourth-order valence-electron chi connectivity index (χ4n) is 3.44. The monoisotopic (exact) mass is 382 g/mol. The smallest absolute Gasteiger partial charge is 0.391 e. The molecule has 2 heterocycles. The number of nitrogens with one attached hydrogen (secondary N) is 1. The van der Waals surface area contributed by atoms with Gasteiger partial charge in [-0.25, -0.2) is 9.97 Å². The van der Waals surface area contributed by atoms with E-state index in [2.05, 4.69) is 15.3 Å². The van der Waals surface area contributed by atoms with Crippen molar-refractivity contribution in [3.8, 4) is 0 Å². The molecule has 26 heavy (non-hydrogen) atoms. The first-order chi connectivity index (χ1) is 12.4. The molecule has 9 heteroatoms. The summed E-state index contributed by atoms with van der Waals surface area (Å²) in [5, 5.41) is 14.0. The number of aromatic nitrogens is 3. The Kier molecular flexibility index (Phi) is 4.36. The summed E-state index contributed by atoms with van der Waals surface area (Å²) in [5.74, 6) is 0.308. The molecule has 0 radical (unpaired) electrons. The summed E-state index contributed by atoms with van der Waals surface area (Å²) in [6.45, 7) is 0.782. The molecular formula is C17H17F3N4OS. The Morgan fingerprint density at radius 2 is 2.15 bits per heavy atom. The third-order valence-corrected chi connectivity index (χ3v) is 5.65. The number of halogens is 3. The molecule has 1 aliphatic carbocycles. The standard InChI is InChI=1S/C17H17F3N4OS/c18-17(19,20)11-1-2-15-13(7-11)23-16(26-15)22-12-5-10(6-14(12)25)8-24-4-3-21-9-24/h1-4,7,9-10,12,14,25H,5-6,8H2,(H,22,23)/t10?,12-,14-/m1/s1. The lowest BCUT2D eigenvalue weighted by Crippen LogP contribution is -2.27. The van der Waals surface area contributed by atoms with Crippen LogP contribution in [0.4, 0.5) is 18.3 Å². The topological polar surface area (TPSA) is 63.0 Å². The van der Waals surface area contributed by atoms with Crippen LogP contribution in [0.2, 0.25) is 0 Å². The maximum atomic E-state index is 12.8. The van der Waals surface area contributed by atoms with Crippen LogP contribution >= 0.6 is 11.3 Å². The first-order valence-electron chi connectivity index (χ1n) is 8.26. The SMILES string of the molecule is O[C@@H]1CC(Cn2ccnc2)C[C@H]1Nc1nc2cc(C(F)(F)F)ccc2s1. The zero-order valence-corrected chi connectivity index (χ0v) is 14.5. The predicted molar refractivity (Wildman–Crippen MR) is 93.0 cm³/mol. The molecule has 1 aliphatic rings. The summed E-state index contributed by atoms with van der Waals surface area (Å²) in [4.78, 5) is 8.28. The summed E-state index contributed by atoms with van der Waals surface area (Å²) in [6, 6.07) is 3.40. The van der Waals surface area contributed by atoms with Crippen molar-refractivity contribution in [1.82, 2.24) is 14.5 Å². The zero-order valence-electron chi connectivity index (χ0n) is 13.6. The average molecular weight is 382 g/mol. The summed E-state index contributed by atoms with van der Waals surface area (Å²) in [5.41, 5.74) is -0.391. The van der Waals surface area contributed by atoms with Gasteiger partial charge in [-0.05, 0) is 37.0 Å². The number of aliphatic hydroxyl groups is 1. The van der Waals surface area contributed by atoms with Crippen LogP contribution in [0.3, 0.4) is 0 Å². The van der Waals surface area contributed by atoms with Gasteiger partial charge in [0.05, 0.1) is 34.3 Å². The van der Waals surface area contributed by atoms with E-state index >= 15 is 0 Å². The average Bonchev–Trinajstić information content (AvgIpc) is 3.27. The van der Waals surface area contributed by atoms with Gasteiger partial charge >= 0.3 is 6.18 Å². The number of rotatable bonds is 4. The van der Waals surface area contributed by atoms with E-state index in [0.717, 1.165) is 25.1 Å². The van der Waals surface area contributed by atoms with Gasteiger partial charge < -0.3 is 15.0 Å². The van der Waals surface area contributed by atoms with Crippen molar-refractivity contribution in [3.63, 3.8) is 0 Å². The molecule has 3 aromatic rings. The number of fused-ring (bicyclic) bond motifs is 1. The van der Waals surface area contributed by atoms with E-state index in [1.54, 1.807) is 12.5 Å². The molecule has 1 aromatic carbocycles. The van der Waals surface area contributed by atoms with Crippen LogP contribution in [0.15, 0.2) is 36.9 Å². The molecule has 4 rings (SSSR count). The maximum Gasteiger partial charge on any atom is 0.416 e. The molecule has 138 valence electrons. The molecule has 0 amide bonds. The molecule has 1 fully saturated rings. The number of thiazole rings is 1. The van der Waals surface area contributed by atoms with Crippen molar-refractivity contribution in [2.75, 3.05) is 5.32 Å². The fraction of sp³-hybridized carbons (Fsp3) is 0.412.